The number of nitrogens with zero attached hydrogens (tertiary/aromatic N) is 1. The highest BCUT2D eigenvalue weighted by Crippen LogP contribution is 2.32. The van der Waals surface area contributed by atoms with E-state index < -0.39 is 0 Å². The quantitative estimate of drug-likeness (QED) is 0.864. The van der Waals surface area contributed by atoms with Gasteiger partial charge < -0.3 is 10.1 Å². The average Bonchev–Trinajstić information content (AvgIpc) is 3.48. The maximum absolute atomic E-state index is 14.0. The Labute approximate surface area is 153 Å². The minimum Gasteiger partial charge on any atom is -0.493 e. The van der Waals surface area contributed by atoms with Crippen molar-refractivity contribution in [2.45, 2.75) is 37.9 Å². The second-order valence-corrected chi connectivity index (χ2v) is 7.02. The first kappa shape index (κ1) is 17.0. The standard InChI is InChI=1S/C21H23FN2O2/c22-18-7-3-1-5-15(18)13-24(16-9-10-16)14-21(25)23-19-11-12-26-20-8-4-2-6-17(19)20/h1-8,16,19H,9-14H2,(H,23,25). The summed E-state index contributed by atoms with van der Waals surface area (Å²) in [5.74, 6) is 0.612. The van der Waals surface area contributed by atoms with Gasteiger partial charge in [-0.05, 0) is 25.0 Å². The number of benzene rings is 2. The number of hydrogen-bond donors (Lipinski definition) is 1. The molecule has 5 heteroatoms. The van der Waals surface area contributed by atoms with Gasteiger partial charge in [0, 0.05) is 30.1 Å². The molecule has 0 bridgehead atoms. The van der Waals surface area contributed by atoms with E-state index in [0.29, 0.717) is 31.3 Å². The topological polar surface area (TPSA) is 41.6 Å². The Balaban J connectivity index is 1.41. The summed E-state index contributed by atoms with van der Waals surface area (Å²) in [5.41, 5.74) is 1.67. The fraction of sp³-hybridized carbons (Fsp3) is 0.381. The minimum absolute atomic E-state index is 0.0186. The molecule has 1 heterocycles. The lowest BCUT2D eigenvalue weighted by Crippen LogP contribution is -2.40. The Hall–Kier alpha value is -2.40. The van der Waals surface area contributed by atoms with Crippen LogP contribution in [0.5, 0.6) is 5.75 Å². The van der Waals surface area contributed by atoms with Crippen molar-refractivity contribution in [3.05, 3.63) is 65.5 Å². The molecule has 2 aromatic carbocycles. The van der Waals surface area contributed by atoms with Gasteiger partial charge in [-0.25, -0.2) is 4.39 Å². The summed E-state index contributed by atoms with van der Waals surface area (Å²) in [5, 5.41) is 3.13. The van der Waals surface area contributed by atoms with Gasteiger partial charge in [0.2, 0.25) is 5.91 Å². The van der Waals surface area contributed by atoms with Crippen LogP contribution in [0.1, 0.15) is 36.4 Å². The smallest absolute Gasteiger partial charge is 0.234 e. The summed E-state index contributed by atoms with van der Waals surface area (Å²) in [6.45, 7) is 1.36. The molecule has 1 aliphatic carbocycles. The van der Waals surface area contributed by atoms with Crippen LogP contribution in [0.4, 0.5) is 4.39 Å². The van der Waals surface area contributed by atoms with E-state index in [1.54, 1.807) is 12.1 Å². The number of nitrogens with one attached hydrogen (secondary N) is 1. The molecule has 0 aromatic heterocycles. The summed E-state index contributed by atoms with van der Waals surface area (Å²) >= 11 is 0. The lowest BCUT2D eigenvalue weighted by molar-refractivity contribution is -0.123. The molecule has 0 spiro atoms. The molecular weight excluding hydrogens is 331 g/mol. The van der Waals surface area contributed by atoms with Crippen molar-refractivity contribution in [1.82, 2.24) is 10.2 Å². The van der Waals surface area contributed by atoms with Crippen molar-refractivity contribution in [3.8, 4) is 5.75 Å². The van der Waals surface area contributed by atoms with Crippen molar-refractivity contribution >= 4 is 5.91 Å². The Morgan fingerprint density at radius 3 is 2.69 bits per heavy atom. The summed E-state index contributed by atoms with van der Waals surface area (Å²) < 4.78 is 19.6. The normalized spacial score (nSPS) is 18.9. The Bertz CT molecular complexity index is 791. The van der Waals surface area contributed by atoms with E-state index in [-0.39, 0.29) is 17.8 Å². The number of carbonyl (C=O) groups excluding carboxylic acids is 1. The number of halogens is 1. The van der Waals surface area contributed by atoms with Gasteiger partial charge in [0.05, 0.1) is 19.2 Å². The van der Waals surface area contributed by atoms with Crippen molar-refractivity contribution < 1.29 is 13.9 Å². The number of hydrogen-bond acceptors (Lipinski definition) is 3. The van der Waals surface area contributed by atoms with Crippen LogP contribution >= 0.6 is 0 Å². The highest BCUT2D eigenvalue weighted by atomic mass is 19.1. The van der Waals surface area contributed by atoms with E-state index in [1.807, 2.05) is 30.3 Å². The lowest BCUT2D eigenvalue weighted by Gasteiger charge is -2.28. The summed E-state index contributed by atoms with van der Waals surface area (Å²) in [4.78, 5) is 14.7. The number of amides is 1. The third-order valence-corrected chi connectivity index (χ3v) is 5.03. The van der Waals surface area contributed by atoms with E-state index in [9.17, 15) is 9.18 Å². The Morgan fingerprint density at radius 2 is 1.88 bits per heavy atom. The van der Waals surface area contributed by atoms with Gasteiger partial charge in [-0.15, -0.1) is 0 Å². The fourth-order valence-corrected chi connectivity index (χ4v) is 3.52. The first-order chi connectivity index (χ1) is 12.7. The van der Waals surface area contributed by atoms with Crippen molar-refractivity contribution in [3.63, 3.8) is 0 Å². The Morgan fingerprint density at radius 1 is 1.12 bits per heavy atom. The van der Waals surface area contributed by atoms with Gasteiger partial charge in [0.25, 0.3) is 0 Å². The van der Waals surface area contributed by atoms with Gasteiger partial charge in [-0.1, -0.05) is 36.4 Å². The van der Waals surface area contributed by atoms with Gasteiger partial charge in [0.15, 0.2) is 0 Å². The zero-order chi connectivity index (χ0) is 17.9. The molecular formula is C21H23FN2O2. The van der Waals surface area contributed by atoms with Crippen LogP contribution in [-0.2, 0) is 11.3 Å². The molecule has 4 rings (SSSR count). The number of ether oxygens (including phenoxy) is 1. The Kier molecular flexibility index (Phi) is 4.89. The molecule has 0 saturated heterocycles. The molecule has 1 unspecified atom stereocenters. The predicted molar refractivity (Wildman–Crippen MR) is 97.3 cm³/mol. The van der Waals surface area contributed by atoms with Crippen LogP contribution in [0.25, 0.3) is 0 Å². The molecule has 2 aliphatic rings. The lowest BCUT2D eigenvalue weighted by atomic mass is 10.0. The van der Waals surface area contributed by atoms with Crippen LogP contribution in [0.3, 0.4) is 0 Å². The zero-order valence-electron chi connectivity index (χ0n) is 14.7. The highest BCUT2D eigenvalue weighted by Gasteiger charge is 2.31. The van der Waals surface area contributed by atoms with Crippen molar-refractivity contribution in [2.75, 3.05) is 13.2 Å². The third-order valence-electron chi connectivity index (χ3n) is 5.03. The predicted octanol–water partition coefficient (Wildman–Crippen LogP) is 3.43. The first-order valence-corrected chi connectivity index (χ1v) is 9.19. The molecule has 1 N–H and O–H groups in total. The maximum Gasteiger partial charge on any atom is 0.234 e. The first-order valence-electron chi connectivity index (χ1n) is 9.19. The van der Waals surface area contributed by atoms with Gasteiger partial charge >= 0.3 is 0 Å². The minimum atomic E-state index is -0.211. The van der Waals surface area contributed by atoms with E-state index in [2.05, 4.69) is 10.2 Å². The van der Waals surface area contributed by atoms with Crippen LogP contribution in [0.15, 0.2) is 48.5 Å². The molecule has 1 saturated carbocycles. The van der Waals surface area contributed by atoms with Crippen LogP contribution < -0.4 is 10.1 Å². The van der Waals surface area contributed by atoms with Crippen LogP contribution in [0, 0.1) is 5.82 Å². The van der Waals surface area contributed by atoms with E-state index in [4.69, 9.17) is 4.74 Å². The van der Waals surface area contributed by atoms with Gasteiger partial charge in [-0.2, -0.15) is 0 Å². The number of para-hydroxylation sites is 1. The third kappa shape index (κ3) is 3.88. The molecule has 4 nitrogen and oxygen atoms in total. The highest BCUT2D eigenvalue weighted by molar-refractivity contribution is 5.78. The van der Waals surface area contributed by atoms with Gasteiger partial charge in [-0.3, -0.25) is 9.69 Å². The van der Waals surface area contributed by atoms with Gasteiger partial charge in [0.1, 0.15) is 11.6 Å². The molecule has 1 amide bonds. The van der Waals surface area contributed by atoms with Crippen LogP contribution in [-0.4, -0.2) is 30.0 Å². The molecule has 26 heavy (non-hydrogen) atoms. The van der Waals surface area contributed by atoms with Crippen molar-refractivity contribution in [1.29, 1.82) is 0 Å². The molecule has 136 valence electrons. The fourth-order valence-electron chi connectivity index (χ4n) is 3.52. The molecule has 0 radical (unpaired) electrons. The summed E-state index contributed by atoms with van der Waals surface area (Å²) in [6.07, 6.45) is 2.91. The zero-order valence-corrected chi connectivity index (χ0v) is 14.7. The second-order valence-electron chi connectivity index (χ2n) is 7.02. The number of carbonyl (C=O) groups is 1. The maximum atomic E-state index is 14.0. The molecule has 1 aliphatic heterocycles. The molecule has 2 aromatic rings. The van der Waals surface area contributed by atoms with E-state index >= 15 is 0 Å². The number of rotatable bonds is 6. The molecule has 1 atom stereocenters. The van der Waals surface area contributed by atoms with Crippen LogP contribution in [0.2, 0.25) is 0 Å². The summed E-state index contributed by atoms with van der Waals surface area (Å²) in [6, 6.07) is 15.0. The monoisotopic (exact) mass is 354 g/mol. The van der Waals surface area contributed by atoms with E-state index in [0.717, 1.165) is 30.6 Å². The molecule has 1 fully saturated rings. The van der Waals surface area contributed by atoms with Crippen molar-refractivity contribution in [2.24, 2.45) is 0 Å². The van der Waals surface area contributed by atoms with E-state index in [1.165, 1.54) is 6.07 Å². The largest absolute Gasteiger partial charge is 0.493 e. The summed E-state index contributed by atoms with van der Waals surface area (Å²) in [7, 11) is 0. The average molecular weight is 354 g/mol. The SMILES string of the molecule is O=C(CN(Cc1ccccc1F)C1CC1)NC1CCOc2ccccc21. The number of fused-ring (bicyclic) bond motifs is 1. The second kappa shape index (κ2) is 7.46.